The maximum absolute atomic E-state index is 12.0. The van der Waals surface area contributed by atoms with E-state index in [-0.39, 0.29) is 12.4 Å². The number of hydrogen-bond donors (Lipinski definition) is 1. The van der Waals surface area contributed by atoms with Gasteiger partial charge in [-0.15, -0.1) is 0 Å². The quantitative estimate of drug-likeness (QED) is 0.675. The van der Waals surface area contributed by atoms with Crippen molar-refractivity contribution in [2.45, 2.75) is 19.2 Å². The first-order valence-electron chi connectivity index (χ1n) is 6.06. The van der Waals surface area contributed by atoms with Gasteiger partial charge >= 0.3 is 5.97 Å². The van der Waals surface area contributed by atoms with Crippen molar-refractivity contribution in [3.8, 4) is 0 Å². The van der Waals surface area contributed by atoms with Gasteiger partial charge in [-0.25, -0.2) is 4.79 Å². The molecule has 1 aromatic rings. The minimum atomic E-state index is -1.71. The highest BCUT2D eigenvalue weighted by atomic mass is 35.5. The van der Waals surface area contributed by atoms with E-state index in [0.717, 1.165) is 5.56 Å². The molecule has 108 valence electrons. The number of benzene rings is 1. The molecule has 0 radical (unpaired) electrons. The molecule has 0 aromatic heterocycles. The Morgan fingerprint density at radius 1 is 1.65 bits per heavy atom. The summed E-state index contributed by atoms with van der Waals surface area (Å²) in [6.07, 6.45) is 0. The van der Waals surface area contributed by atoms with Crippen LogP contribution in [0.5, 0.6) is 0 Å². The Hall–Kier alpha value is -0.820. The minimum Gasteiger partial charge on any atom is -0.462 e. The standard InChI is InChI=1S/C13H14ClNO3S2/c1-2-18-11(16)13(17)8-20-12(19)15(13)7-9-4-3-5-10(14)6-9/h3-6,17H,2,7-8H2,1H3. The van der Waals surface area contributed by atoms with Gasteiger partial charge in [0.05, 0.1) is 12.4 Å². The largest absolute Gasteiger partial charge is 0.462 e. The summed E-state index contributed by atoms with van der Waals surface area (Å²) < 4.78 is 5.41. The Morgan fingerprint density at radius 3 is 3.05 bits per heavy atom. The number of nitrogens with zero attached hydrogens (tertiary/aromatic N) is 1. The van der Waals surface area contributed by atoms with Crippen LogP contribution in [-0.4, -0.2) is 38.4 Å². The van der Waals surface area contributed by atoms with Crippen molar-refractivity contribution in [1.82, 2.24) is 4.90 Å². The average Bonchev–Trinajstić information content (AvgIpc) is 2.69. The SMILES string of the molecule is CCOC(=O)C1(O)CSC(=S)N1Cc1cccc(Cl)c1. The highest BCUT2D eigenvalue weighted by Gasteiger charge is 2.50. The number of aliphatic hydroxyl groups is 1. The predicted octanol–water partition coefficient (Wildman–Crippen LogP) is 2.43. The van der Waals surface area contributed by atoms with Crippen LogP contribution in [0, 0.1) is 0 Å². The lowest BCUT2D eigenvalue weighted by molar-refractivity contribution is -0.175. The van der Waals surface area contributed by atoms with E-state index in [1.165, 1.54) is 16.7 Å². The van der Waals surface area contributed by atoms with Crippen molar-refractivity contribution in [3.05, 3.63) is 34.9 Å². The van der Waals surface area contributed by atoms with Gasteiger partial charge in [-0.05, 0) is 24.6 Å². The molecular formula is C13H14ClNO3S2. The number of esters is 1. The molecule has 0 amide bonds. The Morgan fingerprint density at radius 2 is 2.40 bits per heavy atom. The van der Waals surface area contributed by atoms with Gasteiger partial charge in [0.2, 0.25) is 5.72 Å². The zero-order valence-electron chi connectivity index (χ0n) is 10.8. The first-order chi connectivity index (χ1) is 9.47. The van der Waals surface area contributed by atoms with Crippen LogP contribution in [0.1, 0.15) is 12.5 Å². The molecule has 7 heteroatoms. The van der Waals surface area contributed by atoms with E-state index < -0.39 is 11.7 Å². The molecule has 0 saturated carbocycles. The third-order valence-electron chi connectivity index (χ3n) is 2.90. The molecule has 0 aliphatic carbocycles. The maximum atomic E-state index is 12.0. The van der Waals surface area contributed by atoms with Crippen LogP contribution in [0.25, 0.3) is 0 Å². The lowest BCUT2D eigenvalue weighted by Gasteiger charge is -2.31. The summed E-state index contributed by atoms with van der Waals surface area (Å²) in [5, 5.41) is 11.2. The minimum absolute atomic E-state index is 0.172. The van der Waals surface area contributed by atoms with E-state index in [2.05, 4.69) is 0 Å². The zero-order valence-corrected chi connectivity index (χ0v) is 13.2. The van der Waals surface area contributed by atoms with Crippen molar-refractivity contribution in [3.63, 3.8) is 0 Å². The van der Waals surface area contributed by atoms with Gasteiger partial charge in [0.25, 0.3) is 0 Å². The molecule has 1 aromatic carbocycles. The lowest BCUT2D eigenvalue weighted by atomic mass is 10.1. The van der Waals surface area contributed by atoms with E-state index >= 15 is 0 Å². The first kappa shape index (κ1) is 15.6. The molecule has 1 aliphatic rings. The summed E-state index contributed by atoms with van der Waals surface area (Å²) in [5.41, 5.74) is -0.842. The Kier molecular flexibility index (Phi) is 4.90. The predicted molar refractivity (Wildman–Crippen MR) is 83.6 cm³/mol. The van der Waals surface area contributed by atoms with E-state index in [1.54, 1.807) is 19.1 Å². The molecule has 1 aliphatic heterocycles. The Labute approximate surface area is 132 Å². The van der Waals surface area contributed by atoms with Crippen molar-refractivity contribution < 1.29 is 14.6 Å². The number of halogens is 1. The molecule has 0 bridgehead atoms. The van der Waals surface area contributed by atoms with Crippen LogP contribution < -0.4 is 0 Å². The summed E-state index contributed by atoms with van der Waals surface area (Å²) in [6.45, 7) is 2.22. The van der Waals surface area contributed by atoms with Gasteiger partial charge in [-0.1, -0.05) is 47.7 Å². The van der Waals surface area contributed by atoms with E-state index in [9.17, 15) is 9.90 Å². The van der Waals surface area contributed by atoms with Gasteiger partial charge in [0.15, 0.2) is 0 Å². The molecular weight excluding hydrogens is 318 g/mol. The second-order valence-corrected chi connectivity index (χ2v) is 6.35. The zero-order chi connectivity index (χ0) is 14.8. The van der Waals surface area contributed by atoms with Gasteiger partial charge in [-0.3, -0.25) is 0 Å². The summed E-state index contributed by atoms with van der Waals surface area (Å²) in [5.74, 6) is -0.500. The number of ether oxygens (including phenoxy) is 1. The molecule has 2 rings (SSSR count). The molecule has 1 heterocycles. The van der Waals surface area contributed by atoms with Crippen LogP contribution in [0.15, 0.2) is 24.3 Å². The van der Waals surface area contributed by atoms with Crippen molar-refractivity contribution >= 4 is 45.9 Å². The number of hydrogen-bond acceptors (Lipinski definition) is 5. The molecule has 20 heavy (non-hydrogen) atoms. The van der Waals surface area contributed by atoms with Gasteiger partial charge < -0.3 is 14.7 Å². The fourth-order valence-corrected chi connectivity index (χ4v) is 3.47. The number of thioether (sulfide) groups is 1. The first-order valence-corrected chi connectivity index (χ1v) is 7.83. The fourth-order valence-electron chi connectivity index (χ4n) is 1.90. The number of carbonyl (C=O) groups is 1. The number of rotatable bonds is 4. The lowest BCUT2D eigenvalue weighted by Crippen LogP contribution is -2.53. The van der Waals surface area contributed by atoms with E-state index in [0.29, 0.717) is 15.9 Å². The Balaban J connectivity index is 2.23. The molecule has 1 saturated heterocycles. The fraction of sp³-hybridized carbons (Fsp3) is 0.385. The Bertz CT molecular complexity index is 540. The summed E-state index contributed by atoms with van der Waals surface area (Å²) in [7, 11) is 0. The van der Waals surface area contributed by atoms with Gasteiger partial charge in [0, 0.05) is 11.6 Å². The molecule has 4 nitrogen and oxygen atoms in total. The van der Waals surface area contributed by atoms with Crippen molar-refractivity contribution in [2.75, 3.05) is 12.4 Å². The average molecular weight is 332 g/mol. The number of thiocarbonyl (C=S) groups is 1. The van der Waals surface area contributed by atoms with Crippen LogP contribution in [0.3, 0.4) is 0 Å². The highest BCUT2D eigenvalue weighted by Crippen LogP contribution is 2.34. The molecule has 1 N–H and O–H groups in total. The van der Waals surface area contributed by atoms with Gasteiger partial charge in [-0.2, -0.15) is 0 Å². The monoisotopic (exact) mass is 331 g/mol. The van der Waals surface area contributed by atoms with Gasteiger partial charge in [0.1, 0.15) is 4.32 Å². The summed E-state index contributed by atoms with van der Waals surface area (Å²) >= 11 is 12.4. The summed E-state index contributed by atoms with van der Waals surface area (Å²) in [4.78, 5) is 13.5. The topological polar surface area (TPSA) is 49.8 Å². The van der Waals surface area contributed by atoms with E-state index in [4.69, 9.17) is 28.6 Å². The molecule has 0 spiro atoms. The molecule has 1 unspecified atom stereocenters. The molecule has 1 fully saturated rings. The van der Waals surface area contributed by atoms with Crippen molar-refractivity contribution in [1.29, 1.82) is 0 Å². The maximum Gasteiger partial charge on any atom is 0.360 e. The summed E-state index contributed by atoms with van der Waals surface area (Å²) in [6, 6.07) is 7.22. The third kappa shape index (κ3) is 3.09. The second-order valence-electron chi connectivity index (χ2n) is 4.31. The number of carbonyl (C=O) groups excluding carboxylic acids is 1. The third-order valence-corrected chi connectivity index (χ3v) is 4.72. The smallest absolute Gasteiger partial charge is 0.360 e. The van der Waals surface area contributed by atoms with Crippen LogP contribution in [0.2, 0.25) is 5.02 Å². The normalized spacial score (nSPS) is 22.1. The van der Waals surface area contributed by atoms with Crippen molar-refractivity contribution in [2.24, 2.45) is 0 Å². The van der Waals surface area contributed by atoms with Crippen LogP contribution >= 0.6 is 35.6 Å². The van der Waals surface area contributed by atoms with Crippen LogP contribution in [0.4, 0.5) is 0 Å². The second kappa shape index (κ2) is 6.30. The van der Waals surface area contributed by atoms with Crippen LogP contribution in [-0.2, 0) is 16.1 Å². The van der Waals surface area contributed by atoms with E-state index in [1.807, 2.05) is 12.1 Å². The molecule has 1 atom stereocenters. The highest BCUT2D eigenvalue weighted by molar-refractivity contribution is 8.23.